The van der Waals surface area contributed by atoms with Crippen LogP contribution in [-0.4, -0.2) is 5.78 Å². The van der Waals surface area contributed by atoms with Gasteiger partial charge in [0.25, 0.3) is 0 Å². The zero-order valence-corrected chi connectivity index (χ0v) is 16.7. The average molecular weight is 343 g/mol. The summed E-state index contributed by atoms with van der Waals surface area (Å²) in [5.74, 6) is 0.611. The highest BCUT2D eigenvalue weighted by Gasteiger charge is 2.58. The number of Topliss-reactive ketones (excluding diaryl/α,β-unsaturated/α-hetero) is 1. The van der Waals surface area contributed by atoms with E-state index in [1.807, 2.05) is 0 Å². The predicted molar refractivity (Wildman–Crippen MR) is 107 cm³/mol. The second kappa shape index (κ2) is 8.23. The van der Waals surface area contributed by atoms with Crippen LogP contribution in [0.15, 0.2) is 23.3 Å². The molecule has 3 rings (SSSR count). The van der Waals surface area contributed by atoms with E-state index in [1.54, 1.807) is 11.1 Å². The molecule has 0 unspecified atom stereocenters. The molecule has 0 aromatic heterocycles. The summed E-state index contributed by atoms with van der Waals surface area (Å²) in [4.78, 5) is 13.2. The number of hydrogen-bond donors (Lipinski definition) is 0. The molecule has 2 atom stereocenters. The van der Waals surface area contributed by atoms with Gasteiger partial charge in [0.1, 0.15) is 5.78 Å². The van der Waals surface area contributed by atoms with Crippen molar-refractivity contribution in [2.75, 3.05) is 0 Å². The van der Waals surface area contributed by atoms with Gasteiger partial charge in [0.15, 0.2) is 0 Å². The molecule has 0 aromatic rings. The molecule has 0 radical (unpaired) electrons. The molecule has 0 aliphatic heterocycles. The van der Waals surface area contributed by atoms with E-state index in [4.69, 9.17) is 0 Å². The van der Waals surface area contributed by atoms with E-state index in [0.29, 0.717) is 5.78 Å². The van der Waals surface area contributed by atoms with Gasteiger partial charge in [-0.3, -0.25) is 4.79 Å². The Morgan fingerprint density at radius 3 is 2.48 bits per heavy atom. The number of allylic oxidation sites excluding steroid dienone is 4. The highest BCUT2D eigenvalue weighted by molar-refractivity contribution is 5.90. The number of hydrogen-bond acceptors (Lipinski definition) is 1. The largest absolute Gasteiger partial charge is 0.299 e. The van der Waals surface area contributed by atoms with Crippen molar-refractivity contribution in [1.82, 2.24) is 0 Å². The van der Waals surface area contributed by atoms with Gasteiger partial charge in [0.2, 0.25) is 0 Å². The quantitative estimate of drug-likeness (QED) is 0.380. The monoisotopic (exact) mass is 342 g/mol. The smallest absolute Gasteiger partial charge is 0.140 e. The molecule has 1 saturated carbocycles. The Labute approximate surface area is 155 Å². The molecule has 1 fully saturated rings. The van der Waals surface area contributed by atoms with Crippen LogP contribution in [0.1, 0.15) is 110 Å². The van der Waals surface area contributed by atoms with Crippen molar-refractivity contribution in [3.05, 3.63) is 23.3 Å². The molecule has 2 bridgehead atoms. The van der Waals surface area contributed by atoms with Crippen LogP contribution in [-0.2, 0) is 4.79 Å². The van der Waals surface area contributed by atoms with Gasteiger partial charge in [-0.25, -0.2) is 0 Å². The summed E-state index contributed by atoms with van der Waals surface area (Å²) >= 11 is 0. The van der Waals surface area contributed by atoms with Gasteiger partial charge in [-0.1, -0.05) is 76.5 Å². The highest BCUT2D eigenvalue weighted by atomic mass is 16.1. The lowest BCUT2D eigenvalue weighted by Gasteiger charge is -2.43. The maximum absolute atomic E-state index is 13.2. The second-order valence-electron chi connectivity index (χ2n) is 9.09. The van der Waals surface area contributed by atoms with E-state index in [1.165, 1.54) is 77.0 Å². The number of carbonyl (C=O) groups excluding carboxylic acids is 1. The van der Waals surface area contributed by atoms with Crippen molar-refractivity contribution < 1.29 is 4.79 Å². The normalized spacial score (nSPS) is 30.9. The first-order valence-corrected chi connectivity index (χ1v) is 11.1. The third kappa shape index (κ3) is 3.81. The number of rotatable bonds is 10. The molecule has 0 heterocycles. The van der Waals surface area contributed by atoms with Crippen LogP contribution in [0.25, 0.3) is 0 Å². The number of carbonyl (C=O) groups is 1. The second-order valence-corrected chi connectivity index (χ2v) is 9.09. The molecule has 1 nitrogen and oxygen atoms in total. The molecule has 3 aliphatic rings. The highest BCUT2D eigenvalue weighted by Crippen LogP contribution is 2.64. The fourth-order valence-electron chi connectivity index (χ4n) is 5.90. The molecule has 0 amide bonds. The third-order valence-corrected chi connectivity index (χ3v) is 7.19. The van der Waals surface area contributed by atoms with Gasteiger partial charge < -0.3 is 0 Å². The summed E-state index contributed by atoms with van der Waals surface area (Å²) in [5.41, 5.74) is 3.52. The third-order valence-electron chi connectivity index (χ3n) is 7.19. The minimum atomic E-state index is 0.0164. The first-order chi connectivity index (χ1) is 12.2. The van der Waals surface area contributed by atoms with Crippen LogP contribution < -0.4 is 0 Å². The number of fused-ring (bicyclic) bond motifs is 1. The van der Waals surface area contributed by atoms with E-state index in [9.17, 15) is 4.79 Å². The van der Waals surface area contributed by atoms with Crippen molar-refractivity contribution in [3.63, 3.8) is 0 Å². The first-order valence-electron chi connectivity index (χ1n) is 11.1. The number of unbranched alkanes of at least 4 members (excludes halogenated alkanes) is 6. The zero-order chi connectivity index (χ0) is 17.8. The van der Waals surface area contributed by atoms with Gasteiger partial charge in [0, 0.05) is 17.3 Å². The maximum Gasteiger partial charge on any atom is 0.140 e. The van der Waals surface area contributed by atoms with Crippen LogP contribution in [0.5, 0.6) is 0 Å². The summed E-state index contributed by atoms with van der Waals surface area (Å²) < 4.78 is 0. The number of ketones is 1. The molecule has 0 aromatic carbocycles. The molecular weight excluding hydrogens is 304 g/mol. The maximum atomic E-state index is 13.2. The van der Waals surface area contributed by atoms with Crippen LogP contribution in [0.3, 0.4) is 0 Å². The Morgan fingerprint density at radius 1 is 0.960 bits per heavy atom. The molecular formula is C24H38O. The Balaban J connectivity index is 1.77. The lowest BCUT2D eigenvalue weighted by atomic mass is 9.61. The van der Waals surface area contributed by atoms with Gasteiger partial charge in [0.05, 0.1) is 0 Å². The standard InChI is InChI=1S/C24H38O/c1-3-5-7-9-13-20-17-24(16-11-8-6-4-2)19-23(18-22(24)25)15-12-10-14-21(20)23/h10,14H,3-9,11-13,15-19H2,1-2H3/t23-,24-/m1/s1. The van der Waals surface area contributed by atoms with Gasteiger partial charge in [-0.15, -0.1) is 0 Å². The zero-order valence-electron chi connectivity index (χ0n) is 16.7. The summed E-state index contributed by atoms with van der Waals surface area (Å²) in [7, 11) is 0. The Kier molecular flexibility index (Phi) is 6.23. The minimum absolute atomic E-state index is 0.0164. The Morgan fingerprint density at radius 2 is 1.72 bits per heavy atom. The van der Waals surface area contributed by atoms with Crippen LogP contribution in [0.4, 0.5) is 0 Å². The first kappa shape index (κ1) is 18.9. The van der Waals surface area contributed by atoms with Crippen molar-refractivity contribution in [3.8, 4) is 0 Å². The minimum Gasteiger partial charge on any atom is -0.299 e. The van der Waals surface area contributed by atoms with Crippen LogP contribution in [0.2, 0.25) is 0 Å². The summed E-state index contributed by atoms with van der Waals surface area (Å²) in [6.07, 6.45) is 23.2. The lowest BCUT2D eigenvalue weighted by Crippen LogP contribution is -2.33. The van der Waals surface area contributed by atoms with Crippen molar-refractivity contribution in [2.45, 2.75) is 110 Å². The molecule has 3 aliphatic carbocycles. The van der Waals surface area contributed by atoms with E-state index >= 15 is 0 Å². The topological polar surface area (TPSA) is 17.1 Å². The predicted octanol–water partition coefficient (Wildman–Crippen LogP) is 7.31. The van der Waals surface area contributed by atoms with Gasteiger partial charge >= 0.3 is 0 Å². The fourth-order valence-corrected chi connectivity index (χ4v) is 5.90. The molecule has 25 heavy (non-hydrogen) atoms. The molecule has 140 valence electrons. The van der Waals surface area contributed by atoms with Crippen molar-refractivity contribution >= 4 is 5.78 Å². The Bertz CT molecular complexity index is 540. The van der Waals surface area contributed by atoms with Gasteiger partial charge in [-0.05, 0) is 50.5 Å². The summed E-state index contributed by atoms with van der Waals surface area (Å²) in [6.45, 7) is 4.55. The Hall–Kier alpha value is -0.850. The average Bonchev–Trinajstić information content (AvgIpc) is 2.82. The van der Waals surface area contributed by atoms with E-state index in [0.717, 1.165) is 19.3 Å². The van der Waals surface area contributed by atoms with Crippen LogP contribution in [0, 0.1) is 10.8 Å². The SMILES string of the molecule is CCCCCCC1=C2C=CCC[C@]23CC(=O)[C@](CCCCCC)(C1)C3. The molecule has 1 heteroatoms. The van der Waals surface area contributed by atoms with Crippen molar-refractivity contribution in [2.24, 2.45) is 10.8 Å². The van der Waals surface area contributed by atoms with Crippen LogP contribution >= 0.6 is 0 Å². The van der Waals surface area contributed by atoms with Gasteiger partial charge in [-0.2, -0.15) is 0 Å². The summed E-state index contributed by atoms with van der Waals surface area (Å²) in [6, 6.07) is 0. The van der Waals surface area contributed by atoms with E-state index in [2.05, 4.69) is 26.0 Å². The summed E-state index contributed by atoms with van der Waals surface area (Å²) in [5, 5.41) is 0. The van der Waals surface area contributed by atoms with Crippen molar-refractivity contribution in [1.29, 1.82) is 0 Å². The van der Waals surface area contributed by atoms with E-state index < -0.39 is 0 Å². The lowest BCUT2D eigenvalue weighted by molar-refractivity contribution is -0.126. The van der Waals surface area contributed by atoms with E-state index in [-0.39, 0.29) is 10.8 Å². The molecule has 0 saturated heterocycles. The fraction of sp³-hybridized carbons (Fsp3) is 0.792. The molecule has 1 spiro atoms. The molecule has 0 N–H and O–H groups in total.